The Morgan fingerprint density at radius 2 is 1.68 bits per heavy atom. The van der Waals surface area contributed by atoms with Crippen molar-refractivity contribution >= 4 is 71.4 Å². The van der Waals surface area contributed by atoms with Crippen LogP contribution < -0.4 is 15.0 Å². The zero-order valence-corrected chi connectivity index (χ0v) is 24.8. The van der Waals surface area contributed by atoms with Crippen LogP contribution in [0.2, 0.25) is 5.02 Å². The van der Waals surface area contributed by atoms with Crippen LogP contribution >= 0.6 is 35.2 Å². The highest BCUT2D eigenvalue weighted by Gasteiger charge is 2.32. The molecule has 0 saturated carbocycles. The number of hydrazone groups is 1. The molecule has 7 nitrogen and oxygen atoms in total. The molecule has 6 rings (SSSR count). The van der Waals surface area contributed by atoms with Crippen LogP contribution in [0, 0.1) is 0 Å². The molecule has 11 heteroatoms. The van der Waals surface area contributed by atoms with Crippen LogP contribution in [0.4, 0.5) is 5.13 Å². The number of sulfonamides is 1. The Morgan fingerprint density at radius 3 is 2.41 bits per heavy atom. The summed E-state index contributed by atoms with van der Waals surface area (Å²) in [6, 6.07) is 32.2. The monoisotopic (exact) mass is 617 g/mol. The van der Waals surface area contributed by atoms with Crippen molar-refractivity contribution in [3.63, 3.8) is 0 Å². The summed E-state index contributed by atoms with van der Waals surface area (Å²) in [6.45, 7) is 0.413. The molecular weight excluding hydrogens is 594 g/mol. The minimum atomic E-state index is -3.89. The molecule has 4 aromatic carbocycles. The Kier molecular flexibility index (Phi) is 7.72. The molecule has 1 atom stereocenters. The number of halogens is 1. The number of nitrogens with one attached hydrogen (secondary N) is 2. The Hall–Kier alpha value is -3.83. The number of rotatable bonds is 7. The van der Waals surface area contributed by atoms with Gasteiger partial charge >= 0.3 is 0 Å². The Bertz CT molecular complexity index is 1840. The molecule has 0 radical (unpaired) electrons. The second kappa shape index (κ2) is 11.6. The SMILES string of the molecule is O=S(=O)(NC(=S)NCc1ccccc1)c1ccc2nc(N3N=C(c4ccc(Cl)cc4)CC3c3ccccc3)sc2c1. The summed E-state index contributed by atoms with van der Waals surface area (Å²) in [4.78, 5) is 4.93. The molecule has 2 heterocycles. The topological polar surface area (TPSA) is 86.7 Å². The molecular formula is C30H24ClN5O2S3. The lowest BCUT2D eigenvalue weighted by Crippen LogP contribution is -2.38. The van der Waals surface area contributed by atoms with E-state index in [9.17, 15) is 8.42 Å². The van der Waals surface area contributed by atoms with Crippen LogP contribution in [0.3, 0.4) is 0 Å². The first-order valence-electron chi connectivity index (χ1n) is 12.8. The van der Waals surface area contributed by atoms with E-state index in [-0.39, 0.29) is 16.0 Å². The molecule has 5 aromatic rings. The van der Waals surface area contributed by atoms with Gasteiger partial charge in [0.15, 0.2) is 5.11 Å². The van der Waals surface area contributed by atoms with Crippen molar-refractivity contribution in [2.45, 2.75) is 23.9 Å². The molecule has 0 spiro atoms. The van der Waals surface area contributed by atoms with Crippen LogP contribution in [0.1, 0.15) is 29.2 Å². The molecule has 0 amide bonds. The normalized spacial score (nSPS) is 15.1. The van der Waals surface area contributed by atoms with Crippen molar-refractivity contribution in [1.29, 1.82) is 0 Å². The number of anilines is 1. The summed E-state index contributed by atoms with van der Waals surface area (Å²) >= 11 is 12.8. The van der Waals surface area contributed by atoms with Gasteiger partial charge in [-0.2, -0.15) is 5.10 Å². The highest BCUT2D eigenvalue weighted by atomic mass is 35.5. The van der Waals surface area contributed by atoms with E-state index in [1.165, 1.54) is 17.4 Å². The molecule has 206 valence electrons. The number of thiazole rings is 1. The largest absolute Gasteiger partial charge is 0.358 e. The van der Waals surface area contributed by atoms with E-state index in [2.05, 4.69) is 22.2 Å². The Morgan fingerprint density at radius 1 is 0.976 bits per heavy atom. The predicted octanol–water partition coefficient (Wildman–Crippen LogP) is 6.66. The van der Waals surface area contributed by atoms with E-state index >= 15 is 0 Å². The standard InChI is InChI=1S/C30H24ClN5O2S3/c31-23-13-11-21(12-14-23)26-18-27(22-9-5-2-6-10-22)36(34-26)30-33-25-16-15-24(17-28(25)40-30)41(37,38)35-29(39)32-19-20-7-3-1-4-8-20/h1-17,27H,18-19H2,(H2,32,35,39). The second-order valence-corrected chi connectivity index (χ2v) is 13.0. The van der Waals surface area contributed by atoms with Crippen LogP contribution in [0.5, 0.6) is 0 Å². The van der Waals surface area contributed by atoms with E-state index in [0.717, 1.165) is 27.1 Å². The number of nitrogens with zero attached hydrogens (tertiary/aromatic N) is 3. The van der Waals surface area contributed by atoms with Crippen LogP contribution in [0.15, 0.2) is 113 Å². The van der Waals surface area contributed by atoms with Crippen LogP contribution in [0.25, 0.3) is 10.2 Å². The molecule has 1 aliphatic rings. The van der Waals surface area contributed by atoms with Gasteiger partial charge in [0.05, 0.1) is 26.9 Å². The lowest BCUT2D eigenvalue weighted by molar-refractivity contribution is 0.592. The molecule has 41 heavy (non-hydrogen) atoms. The summed E-state index contributed by atoms with van der Waals surface area (Å²) in [5, 5.41) is 11.2. The van der Waals surface area contributed by atoms with Crippen molar-refractivity contribution in [2.75, 3.05) is 5.01 Å². The number of benzene rings is 4. The minimum absolute atomic E-state index is 0.0331. The van der Waals surface area contributed by atoms with Gasteiger partial charge in [0.25, 0.3) is 10.0 Å². The first-order chi connectivity index (χ1) is 19.9. The van der Waals surface area contributed by atoms with Gasteiger partial charge in [-0.15, -0.1) is 0 Å². The molecule has 2 N–H and O–H groups in total. The Labute approximate surface area is 252 Å². The first kappa shape index (κ1) is 27.3. The zero-order valence-electron chi connectivity index (χ0n) is 21.6. The summed E-state index contributed by atoms with van der Waals surface area (Å²) in [7, 11) is -3.89. The van der Waals surface area contributed by atoms with E-state index in [0.29, 0.717) is 28.6 Å². The van der Waals surface area contributed by atoms with Crippen LogP contribution in [-0.4, -0.2) is 24.2 Å². The van der Waals surface area contributed by atoms with Crippen molar-refractivity contribution in [3.8, 4) is 0 Å². The molecule has 1 unspecified atom stereocenters. The fourth-order valence-electron chi connectivity index (χ4n) is 4.59. The summed E-state index contributed by atoms with van der Waals surface area (Å²) in [6.07, 6.45) is 0.693. The number of aromatic nitrogens is 1. The van der Waals surface area contributed by atoms with Gasteiger partial charge in [0.2, 0.25) is 5.13 Å². The molecule has 0 bridgehead atoms. The lowest BCUT2D eigenvalue weighted by Gasteiger charge is -2.21. The van der Waals surface area contributed by atoms with E-state index in [1.807, 2.05) is 77.8 Å². The van der Waals surface area contributed by atoms with E-state index in [4.69, 9.17) is 33.9 Å². The van der Waals surface area contributed by atoms with Crippen molar-refractivity contribution in [3.05, 3.63) is 125 Å². The minimum Gasteiger partial charge on any atom is -0.358 e. The van der Waals surface area contributed by atoms with Gasteiger partial charge in [-0.25, -0.2) is 18.4 Å². The lowest BCUT2D eigenvalue weighted by atomic mass is 9.99. The maximum absolute atomic E-state index is 13.1. The second-order valence-electron chi connectivity index (χ2n) is 9.43. The molecule has 0 saturated heterocycles. The molecule has 0 aliphatic carbocycles. The van der Waals surface area contributed by atoms with Crippen LogP contribution in [-0.2, 0) is 16.6 Å². The molecule has 1 aromatic heterocycles. The number of hydrogen-bond donors (Lipinski definition) is 2. The fraction of sp³-hybridized carbons (Fsp3) is 0.100. The fourth-order valence-corrected chi connectivity index (χ4v) is 7.15. The smallest absolute Gasteiger partial charge is 0.263 e. The average Bonchev–Trinajstić information content (AvgIpc) is 3.62. The van der Waals surface area contributed by atoms with Crippen molar-refractivity contribution < 1.29 is 8.42 Å². The molecule has 0 fully saturated rings. The number of fused-ring (bicyclic) bond motifs is 1. The van der Waals surface area contributed by atoms with Crippen molar-refractivity contribution in [2.24, 2.45) is 5.10 Å². The third kappa shape index (κ3) is 6.11. The third-order valence-corrected chi connectivity index (χ3v) is 9.63. The summed E-state index contributed by atoms with van der Waals surface area (Å²) < 4.78 is 29.4. The maximum Gasteiger partial charge on any atom is 0.263 e. The number of hydrogen-bond acceptors (Lipinski definition) is 7. The van der Waals surface area contributed by atoms with Gasteiger partial charge in [0.1, 0.15) is 0 Å². The molecule has 1 aliphatic heterocycles. The van der Waals surface area contributed by atoms with Gasteiger partial charge in [0, 0.05) is 18.0 Å². The van der Waals surface area contributed by atoms with E-state index in [1.54, 1.807) is 12.1 Å². The first-order valence-corrected chi connectivity index (χ1v) is 15.9. The quantitative estimate of drug-likeness (QED) is 0.199. The van der Waals surface area contributed by atoms with Gasteiger partial charge < -0.3 is 5.32 Å². The summed E-state index contributed by atoms with van der Waals surface area (Å²) in [5.41, 5.74) is 4.72. The average molecular weight is 618 g/mol. The van der Waals surface area contributed by atoms with Gasteiger partial charge in [-0.05, 0) is 59.2 Å². The Balaban J connectivity index is 1.26. The summed E-state index contributed by atoms with van der Waals surface area (Å²) in [5.74, 6) is 0. The maximum atomic E-state index is 13.1. The van der Waals surface area contributed by atoms with Gasteiger partial charge in [-0.3, -0.25) is 4.72 Å². The number of thiocarbonyl (C=S) groups is 1. The third-order valence-electron chi connectivity index (χ3n) is 6.65. The zero-order chi connectivity index (χ0) is 28.4. The predicted molar refractivity (Wildman–Crippen MR) is 170 cm³/mol. The van der Waals surface area contributed by atoms with Crippen molar-refractivity contribution in [1.82, 2.24) is 15.0 Å². The van der Waals surface area contributed by atoms with Gasteiger partial charge in [-0.1, -0.05) is 95.7 Å². The highest BCUT2D eigenvalue weighted by Crippen LogP contribution is 2.40. The van der Waals surface area contributed by atoms with E-state index < -0.39 is 10.0 Å². The highest BCUT2D eigenvalue weighted by molar-refractivity contribution is 7.91.